The van der Waals surface area contributed by atoms with Crippen LogP contribution in [0.4, 0.5) is 0 Å². The second-order valence-electron chi connectivity index (χ2n) is 8.63. The summed E-state index contributed by atoms with van der Waals surface area (Å²) < 4.78 is 0. The SMILES string of the molecule is CCC(C)C(NC(=O)C(CC(C)C)NC(=O)C(N)CCSC)C(=O)NC(CCSC)C(=O)O. The zero-order valence-corrected chi connectivity index (χ0v) is 22.3. The lowest BCUT2D eigenvalue weighted by atomic mass is 9.96. The molecule has 0 aliphatic rings. The molecule has 0 aromatic rings. The van der Waals surface area contributed by atoms with Gasteiger partial charge in [-0.2, -0.15) is 23.5 Å². The van der Waals surface area contributed by atoms with Crippen molar-refractivity contribution in [1.82, 2.24) is 16.0 Å². The summed E-state index contributed by atoms with van der Waals surface area (Å²) in [4.78, 5) is 50.1. The molecule has 0 bridgehead atoms. The van der Waals surface area contributed by atoms with E-state index in [1.54, 1.807) is 11.8 Å². The van der Waals surface area contributed by atoms with Crippen molar-refractivity contribution in [2.24, 2.45) is 17.6 Å². The summed E-state index contributed by atoms with van der Waals surface area (Å²) in [5.74, 6) is -1.36. The monoisotopic (exact) mass is 506 g/mol. The van der Waals surface area contributed by atoms with E-state index in [-0.39, 0.29) is 18.3 Å². The number of carbonyl (C=O) groups is 4. The Bertz CT molecular complexity index is 636. The van der Waals surface area contributed by atoms with E-state index in [1.165, 1.54) is 11.8 Å². The van der Waals surface area contributed by atoms with Crippen LogP contribution in [0.5, 0.6) is 0 Å². The minimum atomic E-state index is -1.11. The normalized spacial score (nSPS) is 15.8. The van der Waals surface area contributed by atoms with Crippen molar-refractivity contribution in [1.29, 1.82) is 0 Å². The number of rotatable bonds is 17. The molecule has 192 valence electrons. The van der Waals surface area contributed by atoms with Crippen LogP contribution in [0.25, 0.3) is 0 Å². The van der Waals surface area contributed by atoms with Gasteiger partial charge >= 0.3 is 5.97 Å². The molecule has 5 atom stereocenters. The van der Waals surface area contributed by atoms with Gasteiger partial charge in [-0.1, -0.05) is 34.1 Å². The topological polar surface area (TPSA) is 151 Å². The summed E-state index contributed by atoms with van der Waals surface area (Å²) in [6, 6.07) is -3.52. The van der Waals surface area contributed by atoms with Crippen molar-refractivity contribution in [3.8, 4) is 0 Å². The molecule has 6 N–H and O–H groups in total. The van der Waals surface area contributed by atoms with Crippen LogP contribution in [0.3, 0.4) is 0 Å². The van der Waals surface area contributed by atoms with Crippen LogP contribution in [-0.4, -0.2) is 77.0 Å². The minimum absolute atomic E-state index is 0.113. The number of nitrogens with two attached hydrogens (primary N) is 1. The maximum absolute atomic E-state index is 13.1. The van der Waals surface area contributed by atoms with Crippen molar-refractivity contribution in [3.05, 3.63) is 0 Å². The Hall–Kier alpha value is -1.46. The summed E-state index contributed by atoms with van der Waals surface area (Å²) in [6.45, 7) is 7.57. The summed E-state index contributed by atoms with van der Waals surface area (Å²) in [5.41, 5.74) is 5.95. The van der Waals surface area contributed by atoms with Crippen molar-refractivity contribution < 1.29 is 24.3 Å². The van der Waals surface area contributed by atoms with Gasteiger partial charge in [0, 0.05) is 0 Å². The largest absolute Gasteiger partial charge is 0.480 e. The van der Waals surface area contributed by atoms with Crippen molar-refractivity contribution in [3.63, 3.8) is 0 Å². The lowest BCUT2D eigenvalue weighted by Gasteiger charge is -2.28. The second kappa shape index (κ2) is 17.0. The first kappa shape index (κ1) is 31.5. The molecule has 0 spiro atoms. The van der Waals surface area contributed by atoms with Gasteiger partial charge in [-0.3, -0.25) is 14.4 Å². The van der Waals surface area contributed by atoms with Gasteiger partial charge in [0.15, 0.2) is 0 Å². The molecule has 0 aliphatic carbocycles. The zero-order chi connectivity index (χ0) is 25.6. The lowest BCUT2D eigenvalue weighted by molar-refractivity contribution is -0.142. The minimum Gasteiger partial charge on any atom is -0.480 e. The Labute approximate surface area is 206 Å². The van der Waals surface area contributed by atoms with Gasteiger partial charge in [0.05, 0.1) is 6.04 Å². The van der Waals surface area contributed by atoms with Gasteiger partial charge in [0.25, 0.3) is 0 Å². The van der Waals surface area contributed by atoms with E-state index in [1.807, 2.05) is 40.2 Å². The molecule has 0 aromatic carbocycles. The number of carbonyl (C=O) groups excluding carboxylic acids is 3. The fourth-order valence-corrected chi connectivity index (χ4v) is 4.03. The van der Waals surface area contributed by atoms with Crippen LogP contribution >= 0.6 is 23.5 Å². The molecule has 11 heteroatoms. The van der Waals surface area contributed by atoms with E-state index < -0.39 is 47.9 Å². The average Bonchev–Trinajstić information content (AvgIpc) is 2.76. The molecule has 0 radical (unpaired) electrons. The number of thioether (sulfide) groups is 2. The number of carboxylic acids is 1. The van der Waals surface area contributed by atoms with E-state index in [4.69, 9.17) is 5.73 Å². The van der Waals surface area contributed by atoms with Gasteiger partial charge in [-0.25, -0.2) is 4.79 Å². The van der Waals surface area contributed by atoms with Crippen LogP contribution in [0.2, 0.25) is 0 Å². The van der Waals surface area contributed by atoms with Crippen molar-refractivity contribution in [2.75, 3.05) is 24.0 Å². The number of carboxylic acid groups (broad SMARTS) is 1. The molecule has 0 saturated heterocycles. The third kappa shape index (κ3) is 12.5. The van der Waals surface area contributed by atoms with Crippen molar-refractivity contribution in [2.45, 2.75) is 77.5 Å². The predicted octanol–water partition coefficient (Wildman–Crippen LogP) is 1.45. The molecule has 5 unspecified atom stereocenters. The first-order valence-corrected chi connectivity index (χ1v) is 14.1. The van der Waals surface area contributed by atoms with Gasteiger partial charge in [0.2, 0.25) is 17.7 Å². The van der Waals surface area contributed by atoms with E-state index in [0.717, 1.165) is 5.75 Å². The number of hydrogen-bond donors (Lipinski definition) is 5. The first-order valence-electron chi connectivity index (χ1n) is 11.4. The van der Waals surface area contributed by atoms with Crippen LogP contribution < -0.4 is 21.7 Å². The number of nitrogens with one attached hydrogen (secondary N) is 3. The highest BCUT2D eigenvalue weighted by molar-refractivity contribution is 7.98. The lowest BCUT2D eigenvalue weighted by Crippen LogP contribution is -2.59. The number of hydrogen-bond acceptors (Lipinski definition) is 7. The maximum atomic E-state index is 13.1. The zero-order valence-electron chi connectivity index (χ0n) is 20.7. The molecule has 0 aliphatic heterocycles. The quantitative estimate of drug-likeness (QED) is 0.199. The standard InChI is InChI=1S/C22H42N4O5S2/c1-7-14(4)18(21(29)24-16(22(30)31)9-11-33-6)26-20(28)17(12-13(2)3)25-19(27)15(23)8-10-32-5/h13-18H,7-12,23H2,1-6H3,(H,24,29)(H,25,27)(H,26,28)(H,30,31). The molecule has 33 heavy (non-hydrogen) atoms. The Morgan fingerprint density at radius 3 is 1.88 bits per heavy atom. The third-order valence-electron chi connectivity index (χ3n) is 5.33. The van der Waals surface area contributed by atoms with Gasteiger partial charge < -0.3 is 26.8 Å². The van der Waals surface area contributed by atoms with Gasteiger partial charge in [-0.15, -0.1) is 0 Å². The molecule has 9 nitrogen and oxygen atoms in total. The maximum Gasteiger partial charge on any atom is 0.326 e. The second-order valence-corrected chi connectivity index (χ2v) is 10.6. The molecule has 0 fully saturated rings. The third-order valence-corrected chi connectivity index (χ3v) is 6.62. The molecule has 3 amide bonds. The fraction of sp³-hybridized carbons (Fsp3) is 0.818. The van der Waals surface area contributed by atoms with Crippen LogP contribution in [0.15, 0.2) is 0 Å². The highest BCUT2D eigenvalue weighted by atomic mass is 32.2. The molecular formula is C22H42N4O5S2. The predicted molar refractivity (Wildman–Crippen MR) is 136 cm³/mol. The average molecular weight is 507 g/mol. The van der Waals surface area contributed by atoms with E-state index in [2.05, 4.69) is 16.0 Å². The Kier molecular flexibility index (Phi) is 16.3. The van der Waals surface area contributed by atoms with Gasteiger partial charge in [0.1, 0.15) is 18.1 Å². The summed E-state index contributed by atoms with van der Waals surface area (Å²) in [5, 5.41) is 17.5. The summed E-state index contributed by atoms with van der Waals surface area (Å²) in [7, 11) is 0. The summed E-state index contributed by atoms with van der Waals surface area (Å²) >= 11 is 3.08. The van der Waals surface area contributed by atoms with E-state index >= 15 is 0 Å². The first-order chi connectivity index (χ1) is 15.5. The highest BCUT2D eigenvalue weighted by Crippen LogP contribution is 2.12. The molecular weight excluding hydrogens is 464 g/mol. The van der Waals surface area contributed by atoms with Crippen LogP contribution in [0.1, 0.15) is 53.4 Å². The van der Waals surface area contributed by atoms with Crippen LogP contribution in [0, 0.1) is 11.8 Å². The Morgan fingerprint density at radius 1 is 0.848 bits per heavy atom. The molecule has 0 rings (SSSR count). The van der Waals surface area contributed by atoms with Gasteiger partial charge in [-0.05, 0) is 55.1 Å². The number of aliphatic carboxylic acids is 1. The number of amides is 3. The summed E-state index contributed by atoms with van der Waals surface area (Å²) in [6.07, 6.45) is 5.54. The molecule has 0 aromatic heterocycles. The molecule has 0 saturated carbocycles. The van der Waals surface area contributed by atoms with Crippen molar-refractivity contribution >= 4 is 47.2 Å². The Morgan fingerprint density at radius 2 is 1.39 bits per heavy atom. The highest BCUT2D eigenvalue weighted by Gasteiger charge is 2.32. The fourth-order valence-electron chi connectivity index (χ4n) is 3.07. The Balaban J connectivity index is 5.46. The van der Waals surface area contributed by atoms with E-state index in [9.17, 15) is 24.3 Å². The van der Waals surface area contributed by atoms with Crippen LogP contribution in [-0.2, 0) is 19.2 Å². The molecule has 0 heterocycles. The smallest absolute Gasteiger partial charge is 0.326 e. The van der Waals surface area contributed by atoms with E-state index in [0.29, 0.717) is 25.0 Å².